The summed E-state index contributed by atoms with van der Waals surface area (Å²) in [5.74, 6) is 3.16. The van der Waals surface area contributed by atoms with Gasteiger partial charge in [-0.15, -0.1) is 0 Å². The largest absolute Gasteiger partial charge is 0.247 e. The highest BCUT2D eigenvalue weighted by molar-refractivity contribution is 7.08. The van der Waals surface area contributed by atoms with Gasteiger partial charge in [-0.25, -0.2) is 26.3 Å². The molecule has 530 valence electrons. The summed E-state index contributed by atoms with van der Waals surface area (Å²) in [7, 11) is 0. The Bertz CT molecular complexity index is 3350. The monoisotopic (exact) mass is 1380 g/mol. The van der Waals surface area contributed by atoms with Crippen LogP contribution in [0.3, 0.4) is 0 Å². The smallest absolute Gasteiger partial charge is 0.150 e. The van der Waals surface area contributed by atoms with Crippen molar-refractivity contribution in [3.05, 3.63) is 296 Å². The van der Waals surface area contributed by atoms with Crippen molar-refractivity contribution in [2.24, 2.45) is 29.6 Å². The summed E-state index contributed by atoms with van der Waals surface area (Å²) >= 11 is 7.31. The lowest BCUT2D eigenvalue weighted by Gasteiger charge is -2.52. The highest BCUT2D eigenvalue weighted by atomic mass is 35.5. The second-order valence-electron chi connectivity index (χ2n) is 28.1. The maximum absolute atomic E-state index is 14.2. The molecule has 8 aromatic carbocycles. The van der Waals surface area contributed by atoms with Crippen LogP contribution in [0.1, 0.15) is 218 Å². The van der Waals surface area contributed by atoms with Gasteiger partial charge in [-0.05, 0) is 224 Å². The van der Waals surface area contributed by atoms with Crippen molar-refractivity contribution in [2.75, 3.05) is 0 Å². The average molecular weight is 1390 g/mol. The molecule has 6 fully saturated rings. The molecule has 4 bridgehead atoms. The quantitative estimate of drug-likeness (QED) is 0.0846. The Morgan fingerprint density at radius 3 is 1.30 bits per heavy atom. The van der Waals surface area contributed by atoms with E-state index in [9.17, 15) is 26.3 Å². The van der Waals surface area contributed by atoms with E-state index in [0.29, 0.717) is 47.2 Å². The summed E-state index contributed by atoms with van der Waals surface area (Å²) < 4.78 is 81.1. The van der Waals surface area contributed by atoms with Crippen molar-refractivity contribution in [2.45, 2.75) is 219 Å². The van der Waals surface area contributed by atoms with E-state index in [0.717, 1.165) is 97.8 Å². The minimum atomic E-state index is -1.09. The normalized spacial score (nSPS) is 19.3. The second-order valence-corrected chi connectivity index (χ2v) is 29.3. The van der Waals surface area contributed by atoms with Crippen molar-refractivity contribution in [3.63, 3.8) is 0 Å². The fraction of sp³-hybridized carbons (Fsp3) is 0.429. The molecule has 0 nitrogen and oxygen atoms in total. The molecule has 0 N–H and O–H groups in total. The number of rotatable bonds is 16. The average Bonchev–Trinajstić information content (AvgIpc) is 1.16. The molecular formula is C91H111ClF6S. The van der Waals surface area contributed by atoms with Crippen molar-refractivity contribution < 1.29 is 26.3 Å². The van der Waals surface area contributed by atoms with E-state index in [-0.39, 0.29) is 0 Å². The molecule has 0 amide bonds. The van der Waals surface area contributed by atoms with Crippen LogP contribution < -0.4 is 0 Å². The van der Waals surface area contributed by atoms with Crippen molar-refractivity contribution in [1.29, 1.82) is 0 Å². The third kappa shape index (κ3) is 29.4. The van der Waals surface area contributed by atoms with Crippen LogP contribution in [-0.4, -0.2) is 18.0 Å². The number of hydrogen-bond acceptors (Lipinski definition) is 1. The molecule has 0 spiro atoms. The lowest BCUT2D eigenvalue weighted by atomic mass is 9.55. The number of thiophene rings is 1. The van der Waals surface area contributed by atoms with Crippen LogP contribution >= 0.6 is 22.9 Å². The Morgan fingerprint density at radius 2 is 0.879 bits per heavy atom. The van der Waals surface area contributed by atoms with Crippen LogP contribution in [0.25, 0.3) is 11.1 Å². The maximum atomic E-state index is 14.2. The highest BCUT2D eigenvalue weighted by Crippen LogP contribution is 2.57. The second kappa shape index (κ2) is 44.6. The summed E-state index contributed by atoms with van der Waals surface area (Å²) in [4.78, 5) is 0. The van der Waals surface area contributed by atoms with E-state index in [2.05, 4.69) is 92.7 Å². The summed E-state index contributed by atoms with van der Waals surface area (Å²) in [6, 6.07) is 74.9. The van der Waals surface area contributed by atoms with Crippen LogP contribution in [-0.2, 0) is 25.7 Å². The van der Waals surface area contributed by atoms with Crippen LogP contribution in [0.4, 0.5) is 26.3 Å². The zero-order chi connectivity index (χ0) is 70.5. The molecular weight excluding hydrogens is 1270 g/mol. The minimum Gasteiger partial charge on any atom is -0.247 e. The number of hydrogen-bond donors (Lipinski definition) is 0. The topological polar surface area (TPSA) is 0 Å². The minimum absolute atomic E-state index is 0.423. The van der Waals surface area contributed by atoms with Gasteiger partial charge in [0.15, 0.2) is 6.17 Å². The van der Waals surface area contributed by atoms with Crippen LogP contribution in [0, 0.1) is 36.5 Å². The van der Waals surface area contributed by atoms with Gasteiger partial charge in [0.25, 0.3) is 0 Å². The molecule has 8 heteroatoms. The van der Waals surface area contributed by atoms with Gasteiger partial charge in [0, 0.05) is 11.4 Å². The van der Waals surface area contributed by atoms with Gasteiger partial charge < -0.3 is 0 Å². The van der Waals surface area contributed by atoms with Gasteiger partial charge in [0.1, 0.15) is 30.4 Å². The number of benzene rings is 8. The molecule has 0 aliphatic heterocycles. The Balaban J connectivity index is 0.000000160. The number of halogens is 7. The molecule has 0 saturated heterocycles. The third-order valence-electron chi connectivity index (χ3n) is 19.9. The third-order valence-corrected chi connectivity index (χ3v) is 20.8. The first-order valence-electron chi connectivity index (χ1n) is 37.1. The fourth-order valence-corrected chi connectivity index (χ4v) is 15.6. The Labute approximate surface area is 601 Å². The van der Waals surface area contributed by atoms with E-state index < -0.39 is 36.5 Å². The van der Waals surface area contributed by atoms with Crippen molar-refractivity contribution in [1.82, 2.24) is 0 Å². The standard InChI is InChI=1S/C14H12ClF.C14H14.C13H13FS.C13H23F.C10H15F.2C9H11F.C9H12/c1-10-2-4-11(5-3-10)14(16)12-6-8-13(15)9-7-12;1-2-12-8-10-14(11-9-12)13-6-4-3-5-7-13;14-13(12-8-9-15-10-12)7-6-11-4-2-1-3-5-11;14-13(11-7-3-1-4-8-11)12-9-5-2-6-10-12;11-10-4-7-1-8(5-10)3-9(2-7)6-10;1-8(10)7-9-5-3-2-4-6-9;1-2-9(10)8-6-4-3-5-7-8;1-2-6-9-7-4-3-5-8-9/h2-9,14H,1H3;3-11H,2H2,1H3;1-5,8-10,13H,6-7H2;11-13H,1-10H2;7-9H,1-6H2;2-6,8H,7H2,1H3;3-7,9H,2H2,1H3;3-5,7-8H,2,6H2,1H3. The Kier molecular flexibility index (Phi) is 35.8. The molecule has 15 rings (SSSR count). The Morgan fingerprint density at radius 1 is 0.444 bits per heavy atom. The van der Waals surface area contributed by atoms with E-state index in [4.69, 9.17) is 11.6 Å². The zero-order valence-electron chi connectivity index (χ0n) is 59.7. The summed E-state index contributed by atoms with van der Waals surface area (Å²) in [6.45, 7) is 9.79. The lowest BCUT2D eigenvalue weighted by Crippen LogP contribution is -2.47. The predicted molar refractivity (Wildman–Crippen MR) is 412 cm³/mol. The number of alkyl halides is 6. The zero-order valence-corrected chi connectivity index (χ0v) is 61.3. The van der Waals surface area contributed by atoms with E-state index in [1.807, 2.05) is 152 Å². The fourth-order valence-electron chi connectivity index (χ4n) is 14.7. The lowest BCUT2D eigenvalue weighted by molar-refractivity contribution is -0.0727. The van der Waals surface area contributed by atoms with Gasteiger partial charge in [0.2, 0.25) is 0 Å². The molecule has 6 aliphatic carbocycles. The first-order chi connectivity index (χ1) is 48.1. The molecule has 0 radical (unpaired) electrons. The van der Waals surface area contributed by atoms with Gasteiger partial charge in [-0.1, -0.05) is 295 Å². The molecule has 6 saturated carbocycles. The van der Waals surface area contributed by atoms with Gasteiger partial charge in [-0.2, -0.15) is 11.3 Å². The Hall–Kier alpha value is -6.67. The first kappa shape index (κ1) is 79.7. The molecule has 4 atom stereocenters. The molecule has 99 heavy (non-hydrogen) atoms. The predicted octanol–water partition coefficient (Wildman–Crippen LogP) is 28.8. The van der Waals surface area contributed by atoms with Crippen LogP contribution in [0.5, 0.6) is 0 Å². The van der Waals surface area contributed by atoms with E-state index >= 15 is 0 Å². The van der Waals surface area contributed by atoms with E-state index in [1.165, 1.54) is 98.4 Å². The summed E-state index contributed by atoms with van der Waals surface area (Å²) in [5, 5.41) is 4.43. The van der Waals surface area contributed by atoms with Gasteiger partial charge >= 0.3 is 0 Å². The first-order valence-corrected chi connectivity index (χ1v) is 38.5. The summed E-state index contributed by atoms with van der Waals surface area (Å²) in [6.07, 6.45) is 21.3. The van der Waals surface area contributed by atoms with Gasteiger partial charge in [-0.3, -0.25) is 0 Å². The summed E-state index contributed by atoms with van der Waals surface area (Å²) in [5.41, 5.74) is 11.0. The number of aryl methyl sites for hydroxylation is 4. The SMILES string of the molecule is CC(F)Cc1ccccc1.CCC(F)c1ccccc1.CCCc1ccccc1.CCc1ccc(-c2ccccc2)cc1.Cc1ccc(C(F)c2ccc(Cl)cc2)cc1.FC(C1CCCCC1)C1CCCCC1.FC(CCc1ccccc1)c1ccsc1.FC12CC3CC(CC(C3)C1)C2. The molecule has 9 aromatic rings. The van der Waals surface area contributed by atoms with Crippen LogP contribution in [0.15, 0.2) is 241 Å². The van der Waals surface area contributed by atoms with Crippen LogP contribution in [0.2, 0.25) is 5.02 Å². The highest BCUT2D eigenvalue weighted by Gasteiger charge is 2.51. The molecule has 6 aliphatic rings. The maximum Gasteiger partial charge on any atom is 0.150 e. The molecule has 1 heterocycles. The molecule has 1 aromatic heterocycles. The van der Waals surface area contributed by atoms with E-state index in [1.54, 1.807) is 42.5 Å². The van der Waals surface area contributed by atoms with Crippen molar-refractivity contribution >= 4 is 22.9 Å². The van der Waals surface area contributed by atoms with Gasteiger partial charge in [0.05, 0.1) is 0 Å². The van der Waals surface area contributed by atoms with Crippen molar-refractivity contribution in [3.8, 4) is 11.1 Å². The molecule has 4 unspecified atom stereocenters.